The molecule has 4 aromatic rings. The number of furan rings is 1. The number of carbonyl (C=O) groups is 2. The SMILES string of the molecule is O=C(CN(c1cccc(Cl)c1Cl)S(=O)(=O)c1ccccc1)Nc1ccccc1C(=O)NCc1ccco1. The Morgan fingerprint density at radius 2 is 1.59 bits per heavy atom. The summed E-state index contributed by atoms with van der Waals surface area (Å²) in [6.45, 7) is -0.468. The van der Waals surface area contributed by atoms with Crippen LogP contribution in [0.5, 0.6) is 0 Å². The molecule has 0 aliphatic heterocycles. The highest BCUT2D eigenvalue weighted by atomic mass is 35.5. The fourth-order valence-corrected chi connectivity index (χ4v) is 5.39. The smallest absolute Gasteiger partial charge is 0.264 e. The predicted octanol–water partition coefficient (Wildman–Crippen LogP) is 5.35. The maximum absolute atomic E-state index is 13.5. The van der Waals surface area contributed by atoms with Crippen molar-refractivity contribution >= 4 is 56.4 Å². The number of benzene rings is 3. The van der Waals surface area contributed by atoms with Gasteiger partial charge in [0.25, 0.3) is 15.9 Å². The molecule has 0 fully saturated rings. The van der Waals surface area contributed by atoms with E-state index in [0.717, 1.165) is 4.31 Å². The van der Waals surface area contributed by atoms with E-state index in [1.165, 1.54) is 36.6 Å². The van der Waals surface area contributed by atoms with Crippen LogP contribution in [-0.2, 0) is 21.4 Å². The van der Waals surface area contributed by atoms with Crippen LogP contribution in [0.25, 0.3) is 0 Å². The van der Waals surface area contributed by atoms with Gasteiger partial charge in [0.05, 0.1) is 44.7 Å². The van der Waals surface area contributed by atoms with Gasteiger partial charge in [-0.3, -0.25) is 13.9 Å². The number of para-hydroxylation sites is 1. The van der Waals surface area contributed by atoms with E-state index in [2.05, 4.69) is 10.6 Å². The molecule has 0 aliphatic carbocycles. The van der Waals surface area contributed by atoms with Gasteiger partial charge in [0.15, 0.2) is 0 Å². The van der Waals surface area contributed by atoms with E-state index >= 15 is 0 Å². The van der Waals surface area contributed by atoms with Crippen LogP contribution in [0.3, 0.4) is 0 Å². The van der Waals surface area contributed by atoms with Crippen LogP contribution in [0, 0.1) is 0 Å². The van der Waals surface area contributed by atoms with E-state index in [-0.39, 0.29) is 38.4 Å². The second-order valence-corrected chi connectivity index (χ2v) is 10.4. The van der Waals surface area contributed by atoms with Gasteiger partial charge in [-0.05, 0) is 48.5 Å². The van der Waals surface area contributed by atoms with Gasteiger partial charge in [-0.25, -0.2) is 8.42 Å². The van der Waals surface area contributed by atoms with Gasteiger partial charge in [0.1, 0.15) is 12.3 Å². The van der Waals surface area contributed by atoms with Crippen LogP contribution in [0.2, 0.25) is 10.0 Å². The molecule has 0 bridgehead atoms. The van der Waals surface area contributed by atoms with Crippen LogP contribution in [0.4, 0.5) is 11.4 Å². The lowest BCUT2D eigenvalue weighted by Crippen LogP contribution is -2.38. The minimum atomic E-state index is -4.20. The molecule has 0 spiro atoms. The lowest BCUT2D eigenvalue weighted by molar-refractivity contribution is -0.114. The zero-order chi connectivity index (χ0) is 26.4. The topological polar surface area (TPSA) is 109 Å². The van der Waals surface area contributed by atoms with Crippen LogP contribution in [0.1, 0.15) is 16.1 Å². The van der Waals surface area contributed by atoms with Crippen LogP contribution < -0.4 is 14.9 Å². The Morgan fingerprint density at radius 1 is 0.865 bits per heavy atom. The van der Waals surface area contributed by atoms with Crippen molar-refractivity contribution in [3.8, 4) is 0 Å². The second-order valence-electron chi connectivity index (χ2n) is 7.75. The Hall–Kier alpha value is -3.79. The summed E-state index contributed by atoms with van der Waals surface area (Å²) in [7, 11) is -4.20. The number of rotatable bonds is 9. The number of anilines is 2. The summed E-state index contributed by atoms with van der Waals surface area (Å²) < 4.78 is 33.2. The first-order valence-electron chi connectivity index (χ1n) is 11.0. The van der Waals surface area contributed by atoms with E-state index in [1.54, 1.807) is 54.6 Å². The average Bonchev–Trinajstić information content (AvgIpc) is 3.42. The van der Waals surface area contributed by atoms with Crippen LogP contribution >= 0.6 is 23.2 Å². The van der Waals surface area contributed by atoms with Gasteiger partial charge in [0.2, 0.25) is 5.91 Å². The fourth-order valence-electron chi connectivity index (χ4n) is 3.49. The number of sulfonamides is 1. The second kappa shape index (κ2) is 11.5. The van der Waals surface area contributed by atoms with Gasteiger partial charge < -0.3 is 15.1 Å². The molecule has 0 unspecified atom stereocenters. The predicted molar refractivity (Wildman–Crippen MR) is 142 cm³/mol. The summed E-state index contributed by atoms with van der Waals surface area (Å²) >= 11 is 12.5. The van der Waals surface area contributed by atoms with Gasteiger partial charge in [-0.1, -0.05) is 59.6 Å². The highest BCUT2D eigenvalue weighted by molar-refractivity contribution is 7.92. The van der Waals surface area contributed by atoms with Crippen molar-refractivity contribution in [2.24, 2.45) is 0 Å². The molecule has 0 saturated heterocycles. The van der Waals surface area contributed by atoms with Gasteiger partial charge in [-0.15, -0.1) is 0 Å². The highest BCUT2D eigenvalue weighted by Crippen LogP contribution is 2.35. The number of hydrogen-bond donors (Lipinski definition) is 2. The van der Waals surface area contributed by atoms with Gasteiger partial charge in [0, 0.05) is 0 Å². The van der Waals surface area contributed by atoms with Crippen LogP contribution in [-0.4, -0.2) is 26.8 Å². The molecule has 0 radical (unpaired) electrons. The van der Waals surface area contributed by atoms with Crippen molar-refractivity contribution in [3.63, 3.8) is 0 Å². The first kappa shape index (κ1) is 26.3. The fraction of sp³-hybridized carbons (Fsp3) is 0.0769. The summed E-state index contributed by atoms with van der Waals surface area (Å²) in [5.41, 5.74) is 0.442. The minimum Gasteiger partial charge on any atom is -0.467 e. The van der Waals surface area contributed by atoms with Crippen molar-refractivity contribution < 1.29 is 22.4 Å². The summed E-state index contributed by atoms with van der Waals surface area (Å²) in [5.74, 6) is -0.573. The van der Waals surface area contributed by atoms with Crippen molar-refractivity contribution in [1.82, 2.24) is 5.32 Å². The first-order valence-corrected chi connectivity index (χ1v) is 13.2. The largest absolute Gasteiger partial charge is 0.467 e. The zero-order valence-electron chi connectivity index (χ0n) is 19.2. The average molecular weight is 558 g/mol. The zero-order valence-corrected chi connectivity index (χ0v) is 21.6. The van der Waals surface area contributed by atoms with E-state index in [9.17, 15) is 18.0 Å². The molecule has 8 nitrogen and oxygen atoms in total. The molecule has 37 heavy (non-hydrogen) atoms. The molecule has 0 aliphatic rings. The summed E-state index contributed by atoms with van der Waals surface area (Å²) in [5, 5.41) is 5.47. The lowest BCUT2D eigenvalue weighted by Gasteiger charge is -2.25. The molecule has 0 saturated carbocycles. The first-order chi connectivity index (χ1) is 17.8. The van der Waals surface area contributed by atoms with Crippen molar-refractivity contribution in [2.75, 3.05) is 16.2 Å². The van der Waals surface area contributed by atoms with E-state index in [4.69, 9.17) is 27.6 Å². The third-order valence-corrected chi connectivity index (χ3v) is 7.85. The van der Waals surface area contributed by atoms with E-state index in [0.29, 0.717) is 5.76 Å². The van der Waals surface area contributed by atoms with Crippen molar-refractivity contribution in [1.29, 1.82) is 0 Å². The molecule has 4 rings (SSSR count). The Kier molecular flexibility index (Phi) is 8.17. The number of carbonyl (C=O) groups excluding carboxylic acids is 2. The Morgan fingerprint density at radius 3 is 2.32 bits per heavy atom. The molecule has 1 aromatic heterocycles. The molecule has 2 N–H and O–H groups in total. The van der Waals surface area contributed by atoms with Gasteiger partial charge >= 0.3 is 0 Å². The Bertz CT molecular complexity index is 1510. The van der Waals surface area contributed by atoms with Crippen LogP contribution in [0.15, 0.2) is 101 Å². The Labute approximate surface area is 223 Å². The van der Waals surface area contributed by atoms with Crippen molar-refractivity contribution in [3.05, 3.63) is 113 Å². The number of halogens is 2. The molecule has 0 atom stereocenters. The number of nitrogens with zero attached hydrogens (tertiary/aromatic N) is 1. The monoisotopic (exact) mass is 557 g/mol. The normalized spacial score (nSPS) is 11.1. The molecular weight excluding hydrogens is 537 g/mol. The standard InChI is InChI=1S/C26H21Cl2N3O5S/c27-21-12-6-14-23(25(21)28)31(37(34,35)19-9-2-1-3-10-19)17-24(32)30-22-13-5-4-11-20(22)26(33)29-16-18-8-7-15-36-18/h1-15H,16-17H2,(H,29,33)(H,30,32). The molecule has 3 aromatic carbocycles. The third-order valence-electron chi connectivity index (χ3n) is 5.27. The summed E-state index contributed by atoms with van der Waals surface area (Å²) in [4.78, 5) is 25.9. The van der Waals surface area contributed by atoms with E-state index < -0.39 is 28.4 Å². The number of hydrogen-bond acceptors (Lipinski definition) is 5. The maximum Gasteiger partial charge on any atom is 0.264 e. The third kappa shape index (κ3) is 6.14. The maximum atomic E-state index is 13.5. The number of nitrogens with one attached hydrogen (secondary N) is 2. The molecule has 1 heterocycles. The molecule has 2 amide bonds. The summed E-state index contributed by atoms with van der Waals surface area (Å²) in [6, 6.07) is 22.0. The lowest BCUT2D eigenvalue weighted by atomic mass is 10.1. The number of amides is 2. The molecule has 11 heteroatoms. The van der Waals surface area contributed by atoms with Crippen molar-refractivity contribution in [2.45, 2.75) is 11.4 Å². The molecule has 190 valence electrons. The quantitative estimate of drug-likeness (QED) is 0.288. The highest BCUT2D eigenvalue weighted by Gasteiger charge is 2.29. The van der Waals surface area contributed by atoms with E-state index in [1.807, 2.05) is 0 Å². The molecular formula is C26H21Cl2N3O5S. The summed E-state index contributed by atoms with van der Waals surface area (Å²) in [6.07, 6.45) is 1.50. The minimum absolute atomic E-state index is 0.0193. The van der Waals surface area contributed by atoms with Gasteiger partial charge in [-0.2, -0.15) is 0 Å². The Balaban J connectivity index is 1.60.